The summed E-state index contributed by atoms with van der Waals surface area (Å²) in [4.78, 5) is 37.0. The van der Waals surface area contributed by atoms with E-state index in [1.54, 1.807) is 6.07 Å². The Labute approximate surface area is 114 Å². The van der Waals surface area contributed by atoms with Crippen molar-refractivity contribution in [1.29, 1.82) is 0 Å². The van der Waals surface area contributed by atoms with E-state index < -0.39 is 29.1 Å². The highest BCUT2D eigenvalue weighted by Crippen LogP contribution is 2.44. The number of nitrogens with zero attached hydrogens (tertiary/aromatic N) is 1. The van der Waals surface area contributed by atoms with Gasteiger partial charge in [0.25, 0.3) is 0 Å². The van der Waals surface area contributed by atoms with Crippen LogP contribution in [0.1, 0.15) is 24.8 Å². The quantitative estimate of drug-likeness (QED) is 0.834. The van der Waals surface area contributed by atoms with Crippen molar-refractivity contribution in [3.05, 3.63) is 35.6 Å². The third kappa shape index (κ3) is 1.71. The molecule has 2 fully saturated rings. The predicted octanol–water partition coefficient (Wildman–Crippen LogP) is 1.57. The lowest BCUT2D eigenvalue weighted by molar-refractivity contribution is -0.158. The molecule has 1 heterocycles. The number of carbonyl (C=O) groups excluding carboxylic acids is 3. The van der Waals surface area contributed by atoms with Gasteiger partial charge in [-0.2, -0.15) is 0 Å². The van der Waals surface area contributed by atoms with Crippen LogP contribution in [-0.4, -0.2) is 22.7 Å². The Morgan fingerprint density at radius 1 is 1.20 bits per heavy atom. The first kappa shape index (κ1) is 12.8. The Morgan fingerprint density at radius 3 is 2.50 bits per heavy atom. The summed E-state index contributed by atoms with van der Waals surface area (Å²) in [5, 5.41) is 2.20. The number of benzene rings is 1. The monoisotopic (exact) mass is 276 g/mol. The minimum atomic E-state index is -1.11. The first-order valence-corrected chi connectivity index (χ1v) is 6.45. The van der Waals surface area contributed by atoms with Crippen molar-refractivity contribution in [1.82, 2.24) is 10.2 Å². The van der Waals surface area contributed by atoms with Crippen molar-refractivity contribution < 1.29 is 18.8 Å². The molecule has 0 aromatic heterocycles. The largest absolute Gasteiger partial charge is 0.331 e. The number of hydrogen-bond donors (Lipinski definition) is 1. The van der Waals surface area contributed by atoms with Crippen LogP contribution in [0.2, 0.25) is 0 Å². The number of halogens is 1. The first-order valence-electron chi connectivity index (χ1n) is 6.45. The Morgan fingerprint density at radius 2 is 1.90 bits per heavy atom. The van der Waals surface area contributed by atoms with Crippen LogP contribution in [-0.2, 0) is 16.1 Å². The van der Waals surface area contributed by atoms with E-state index in [-0.39, 0.29) is 12.1 Å². The standard InChI is InChI=1S/C14H13FN2O3/c15-10-5-2-1-4-9(10)8-17-12(19)14(6-3-7-14)11(18)16-13(17)20/h1-2,4-5H,3,6-8H2,(H,16,18,20). The summed E-state index contributed by atoms with van der Waals surface area (Å²) in [6.07, 6.45) is 1.67. The molecule has 6 heteroatoms. The van der Waals surface area contributed by atoms with E-state index in [0.717, 1.165) is 11.3 Å². The topological polar surface area (TPSA) is 66.5 Å². The van der Waals surface area contributed by atoms with Gasteiger partial charge in [-0.1, -0.05) is 24.6 Å². The summed E-state index contributed by atoms with van der Waals surface area (Å²) >= 11 is 0. The van der Waals surface area contributed by atoms with Crippen LogP contribution in [0.15, 0.2) is 24.3 Å². The molecule has 0 atom stereocenters. The van der Waals surface area contributed by atoms with E-state index >= 15 is 0 Å². The third-order valence-corrected chi connectivity index (χ3v) is 4.05. The molecule has 2 aliphatic rings. The predicted molar refractivity (Wildman–Crippen MR) is 66.8 cm³/mol. The van der Waals surface area contributed by atoms with Gasteiger partial charge < -0.3 is 0 Å². The molecule has 20 heavy (non-hydrogen) atoms. The van der Waals surface area contributed by atoms with Gasteiger partial charge in [0, 0.05) is 5.56 Å². The molecule has 0 unspecified atom stereocenters. The van der Waals surface area contributed by atoms with Gasteiger partial charge in [-0.3, -0.25) is 19.8 Å². The lowest BCUT2D eigenvalue weighted by atomic mass is 9.66. The Bertz CT molecular complexity index is 610. The maximum atomic E-state index is 13.6. The second-order valence-electron chi connectivity index (χ2n) is 5.18. The molecule has 3 rings (SSSR count). The fraction of sp³-hybridized carbons (Fsp3) is 0.357. The highest BCUT2D eigenvalue weighted by Gasteiger charge is 2.57. The Balaban J connectivity index is 1.89. The lowest BCUT2D eigenvalue weighted by Crippen LogP contribution is -2.65. The van der Waals surface area contributed by atoms with E-state index in [0.29, 0.717) is 12.8 Å². The number of barbiturate groups is 1. The molecule has 104 valence electrons. The second-order valence-corrected chi connectivity index (χ2v) is 5.18. The molecule has 1 spiro atoms. The summed E-state index contributed by atoms with van der Waals surface area (Å²) < 4.78 is 13.6. The minimum absolute atomic E-state index is 0.160. The maximum absolute atomic E-state index is 13.6. The normalized spacial score (nSPS) is 20.9. The molecule has 0 bridgehead atoms. The van der Waals surface area contributed by atoms with Gasteiger partial charge in [0.05, 0.1) is 6.54 Å². The molecule has 1 N–H and O–H groups in total. The van der Waals surface area contributed by atoms with Gasteiger partial charge in [0.15, 0.2) is 0 Å². The van der Waals surface area contributed by atoms with E-state index in [2.05, 4.69) is 5.32 Å². The highest BCUT2D eigenvalue weighted by atomic mass is 19.1. The van der Waals surface area contributed by atoms with Crippen LogP contribution in [0, 0.1) is 11.2 Å². The van der Waals surface area contributed by atoms with E-state index in [1.807, 2.05) is 0 Å². The summed E-state index contributed by atoms with van der Waals surface area (Å²) in [6.45, 7) is -0.160. The maximum Gasteiger partial charge on any atom is 0.331 e. The number of nitrogens with one attached hydrogen (secondary N) is 1. The minimum Gasteiger partial charge on any atom is -0.277 e. The number of amides is 4. The van der Waals surface area contributed by atoms with Crippen LogP contribution in [0.25, 0.3) is 0 Å². The van der Waals surface area contributed by atoms with Crippen LogP contribution in [0.3, 0.4) is 0 Å². The molecule has 1 aromatic carbocycles. The highest BCUT2D eigenvalue weighted by molar-refractivity contribution is 6.19. The molecule has 1 saturated carbocycles. The molecule has 1 aliphatic heterocycles. The number of hydrogen-bond acceptors (Lipinski definition) is 3. The van der Waals surface area contributed by atoms with Gasteiger partial charge in [0.1, 0.15) is 11.2 Å². The van der Waals surface area contributed by atoms with Crippen LogP contribution in [0.4, 0.5) is 9.18 Å². The summed E-state index contributed by atoms with van der Waals surface area (Å²) in [7, 11) is 0. The molecule has 5 nitrogen and oxygen atoms in total. The molecular formula is C14H13FN2O3. The van der Waals surface area contributed by atoms with E-state index in [9.17, 15) is 18.8 Å². The fourth-order valence-corrected chi connectivity index (χ4v) is 2.64. The number of carbonyl (C=O) groups is 3. The fourth-order valence-electron chi connectivity index (χ4n) is 2.64. The zero-order chi connectivity index (χ0) is 14.3. The molecule has 1 aliphatic carbocycles. The van der Waals surface area contributed by atoms with Gasteiger partial charge >= 0.3 is 6.03 Å². The van der Waals surface area contributed by atoms with Gasteiger partial charge in [-0.15, -0.1) is 0 Å². The van der Waals surface area contributed by atoms with Crippen molar-refractivity contribution >= 4 is 17.8 Å². The number of rotatable bonds is 2. The van der Waals surface area contributed by atoms with Crippen molar-refractivity contribution in [2.24, 2.45) is 5.41 Å². The molecule has 1 saturated heterocycles. The van der Waals surface area contributed by atoms with Gasteiger partial charge in [-0.25, -0.2) is 9.18 Å². The SMILES string of the molecule is O=C1NC(=O)C2(CCC2)C(=O)N1Cc1ccccc1F. The average Bonchev–Trinajstić information content (AvgIpc) is 2.34. The van der Waals surface area contributed by atoms with Crippen molar-refractivity contribution in [2.45, 2.75) is 25.8 Å². The van der Waals surface area contributed by atoms with Crippen LogP contribution in [0.5, 0.6) is 0 Å². The van der Waals surface area contributed by atoms with Crippen LogP contribution < -0.4 is 5.32 Å². The second kappa shape index (κ2) is 4.40. The zero-order valence-corrected chi connectivity index (χ0v) is 10.7. The van der Waals surface area contributed by atoms with E-state index in [4.69, 9.17) is 0 Å². The molecule has 1 aromatic rings. The first-order chi connectivity index (χ1) is 9.54. The third-order valence-electron chi connectivity index (χ3n) is 4.05. The van der Waals surface area contributed by atoms with Crippen molar-refractivity contribution in [3.63, 3.8) is 0 Å². The number of urea groups is 1. The van der Waals surface area contributed by atoms with Crippen molar-refractivity contribution in [2.75, 3.05) is 0 Å². The van der Waals surface area contributed by atoms with Crippen molar-refractivity contribution in [3.8, 4) is 0 Å². The number of imide groups is 2. The summed E-state index contributed by atoms with van der Waals surface area (Å²) in [5.41, 5.74) is -0.862. The zero-order valence-electron chi connectivity index (χ0n) is 10.7. The molecule has 0 radical (unpaired) electrons. The van der Waals surface area contributed by atoms with Gasteiger partial charge in [0.2, 0.25) is 11.8 Å². The Kier molecular flexibility index (Phi) is 2.81. The average molecular weight is 276 g/mol. The Hall–Kier alpha value is -2.24. The smallest absolute Gasteiger partial charge is 0.277 e. The van der Waals surface area contributed by atoms with Gasteiger partial charge in [-0.05, 0) is 18.9 Å². The molecule has 4 amide bonds. The summed E-state index contributed by atoms with van der Waals surface area (Å²) in [6, 6.07) is 5.18. The molecular weight excluding hydrogens is 263 g/mol. The van der Waals surface area contributed by atoms with Crippen LogP contribution >= 0.6 is 0 Å². The summed E-state index contributed by atoms with van der Waals surface area (Å²) in [5.74, 6) is -1.52. The lowest BCUT2D eigenvalue weighted by Gasteiger charge is -2.44. The van der Waals surface area contributed by atoms with E-state index in [1.165, 1.54) is 18.2 Å².